The lowest BCUT2D eigenvalue weighted by atomic mass is 9.90. The molecule has 1 unspecified atom stereocenters. The van der Waals surface area contributed by atoms with Crippen molar-refractivity contribution in [2.75, 3.05) is 23.7 Å². The van der Waals surface area contributed by atoms with Gasteiger partial charge < -0.3 is 15.7 Å². The summed E-state index contributed by atoms with van der Waals surface area (Å²) in [6, 6.07) is 0. The van der Waals surface area contributed by atoms with Crippen molar-refractivity contribution in [2.45, 2.75) is 39.2 Å². The molecule has 0 aliphatic carbocycles. The normalized spacial score (nSPS) is 18.6. The monoisotopic (exact) mass is 284 g/mol. The van der Waals surface area contributed by atoms with E-state index in [1.54, 1.807) is 0 Å². The standard InChI is InChI=1S/C13H21ClN4O/c1-3-10(19)9-4-6-18(7-5-9)12-11(14)8(2)16-13(15)17-12/h9-10,19H,3-7H2,1-2H3,(H2,15,16,17). The molecule has 3 N–H and O–H groups in total. The van der Waals surface area contributed by atoms with E-state index in [1.165, 1.54) is 0 Å². The highest BCUT2D eigenvalue weighted by molar-refractivity contribution is 6.33. The molecule has 0 bridgehead atoms. The number of nitrogen functional groups attached to an aromatic ring is 1. The molecule has 0 amide bonds. The molecule has 1 aromatic heterocycles. The van der Waals surface area contributed by atoms with Crippen molar-refractivity contribution in [3.8, 4) is 0 Å². The summed E-state index contributed by atoms with van der Waals surface area (Å²) < 4.78 is 0. The molecule has 106 valence electrons. The van der Waals surface area contributed by atoms with E-state index < -0.39 is 0 Å². The number of nitrogens with two attached hydrogens (primary N) is 1. The number of aliphatic hydroxyl groups excluding tert-OH is 1. The van der Waals surface area contributed by atoms with Crippen molar-refractivity contribution in [3.05, 3.63) is 10.7 Å². The topological polar surface area (TPSA) is 75.3 Å². The number of halogens is 1. The summed E-state index contributed by atoms with van der Waals surface area (Å²) in [6.45, 7) is 5.54. The second-order valence-corrected chi connectivity index (χ2v) is 5.48. The summed E-state index contributed by atoms with van der Waals surface area (Å²) in [5.41, 5.74) is 6.39. The summed E-state index contributed by atoms with van der Waals surface area (Å²) in [4.78, 5) is 10.4. The minimum absolute atomic E-state index is 0.199. The third kappa shape index (κ3) is 3.09. The fourth-order valence-electron chi connectivity index (χ4n) is 2.60. The molecule has 2 heterocycles. The van der Waals surface area contributed by atoms with Gasteiger partial charge in [0.05, 0.1) is 11.8 Å². The van der Waals surface area contributed by atoms with Crippen LogP contribution in [0.3, 0.4) is 0 Å². The minimum Gasteiger partial charge on any atom is -0.393 e. The van der Waals surface area contributed by atoms with Crippen molar-refractivity contribution >= 4 is 23.4 Å². The predicted octanol–water partition coefficient (Wildman–Crippen LogP) is 2.01. The molecule has 6 heteroatoms. The van der Waals surface area contributed by atoms with Crippen LogP contribution in [0, 0.1) is 12.8 Å². The Kier molecular flexibility index (Phi) is 4.47. The van der Waals surface area contributed by atoms with Gasteiger partial charge in [-0.25, -0.2) is 4.98 Å². The second kappa shape index (κ2) is 5.92. The fourth-order valence-corrected chi connectivity index (χ4v) is 2.81. The zero-order valence-corrected chi connectivity index (χ0v) is 12.2. The molecule has 0 radical (unpaired) electrons. The Labute approximate surface area is 118 Å². The molecule has 0 saturated carbocycles. The van der Waals surface area contributed by atoms with E-state index >= 15 is 0 Å². The lowest BCUT2D eigenvalue weighted by molar-refractivity contribution is 0.0892. The van der Waals surface area contributed by atoms with Gasteiger partial charge in [-0.05, 0) is 32.1 Å². The first-order valence-electron chi connectivity index (χ1n) is 6.75. The van der Waals surface area contributed by atoms with Crippen molar-refractivity contribution < 1.29 is 5.11 Å². The Bertz CT molecular complexity index is 447. The van der Waals surface area contributed by atoms with Gasteiger partial charge in [0.2, 0.25) is 5.95 Å². The van der Waals surface area contributed by atoms with Gasteiger partial charge in [-0.2, -0.15) is 4.98 Å². The lowest BCUT2D eigenvalue weighted by Gasteiger charge is -2.35. The fraction of sp³-hybridized carbons (Fsp3) is 0.692. The Morgan fingerprint density at radius 3 is 2.63 bits per heavy atom. The van der Waals surface area contributed by atoms with Crippen LogP contribution in [-0.2, 0) is 0 Å². The first-order valence-corrected chi connectivity index (χ1v) is 7.13. The van der Waals surface area contributed by atoms with Crippen LogP contribution in [-0.4, -0.2) is 34.3 Å². The highest BCUT2D eigenvalue weighted by Crippen LogP contribution is 2.31. The maximum absolute atomic E-state index is 9.89. The summed E-state index contributed by atoms with van der Waals surface area (Å²) in [5.74, 6) is 1.35. The van der Waals surface area contributed by atoms with Gasteiger partial charge in [-0.15, -0.1) is 0 Å². The third-order valence-electron chi connectivity index (χ3n) is 3.82. The Morgan fingerprint density at radius 2 is 2.05 bits per heavy atom. The zero-order chi connectivity index (χ0) is 14.0. The highest BCUT2D eigenvalue weighted by Gasteiger charge is 2.26. The molecule has 0 aromatic carbocycles. The van der Waals surface area contributed by atoms with E-state index in [1.807, 2.05) is 13.8 Å². The quantitative estimate of drug-likeness (QED) is 0.888. The molecule has 1 aliphatic heterocycles. The molecule has 1 aliphatic rings. The minimum atomic E-state index is -0.199. The number of rotatable bonds is 3. The summed E-state index contributed by atoms with van der Waals surface area (Å²) in [7, 11) is 0. The van der Waals surface area contributed by atoms with Crippen molar-refractivity contribution in [1.29, 1.82) is 0 Å². The van der Waals surface area contributed by atoms with Gasteiger partial charge in [0.25, 0.3) is 0 Å². The summed E-state index contributed by atoms with van der Waals surface area (Å²) >= 11 is 6.25. The molecule has 2 rings (SSSR count). The number of piperidine rings is 1. The van der Waals surface area contributed by atoms with E-state index in [-0.39, 0.29) is 12.1 Å². The predicted molar refractivity (Wildman–Crippen MR) is 77.4 cm³/mol. The maximum atomic E-state index is 9.89. The van der Waals surface area contributed by atoms with Crippen LogP contribution in [0.1, 0.15) is 31.9 Å². The van der Waals surface area contributed by atoms with Crippen LogP contribution in [0.4, 0.5) is 11.8 Å². The van der Waals surface area contributed by atoms with Crippen molar-refractivity contribution in [1.82, 2.24) is 9.97 Å². The van der Waals surface area contributed by atoms with E-state index in [4.69, 9.17) is 17.3 Å². The first-order chi connectivity index (χ1) is 9.02. The highest BCUT2D eigenvalue weighted by atomic mass is 35.5. The Morgan fingerprint density at radius 1 is 1.42 bits per heavy atom. The molecule has 19 heavy (non-hydrogen) atoms. The lowest BCUT2D eigenvalue weighted by Crippen LogP contribution is -2.38. The van der Waals surface area contributed by atoms with Crippen molar-refractivity contribution in [2.24, 2.45) is 5.92 Å². The number of anilines is 2. The van der Waals surface area contributed by atoms with Gasteiger partial charge in [0.15, 0.2) is 5.82 Å². The molecule has 1 saturated heterocycles. The average molecular weight is 285 g/mol. The van der Waals surface area contributed by atoms with Gasteiger partial charge in [0, 0.05) is 13.1 Å². The van der Waals surface area contributed by atoms with Gasteiger partial charge in [-0.1, -0.05) is 18.5 Å². The van der Waals surface area contributed by atoms with Crippen LogP contribution in [0.5, 0.6) is 0 Å². The van der Waals surface area contributed by atoms with Gasteiger partial charge in [0.1, 0.15) is 5.02 Å². The smallest absolute Gasteiger partial charge is 0.222 e. The Balaban J connectivity index is 2.10. The number of hydrogen-bond acceptors (Lipinski definition) is 5. The largest absolute Gasteiger partial charge is 0.393 e. The van der Waals surface area contributed by atoms with Crippen molar-refractivity contribution in [3.63, 3.8) is 0 Å². The second-order valence-electron chi connectivity index (χ2n) is 5.10. The van der Waals surface area contributed by atoms with Crippen LogP contribution in [0.15, 0.2) is 0 Å². The maximum Gasteiger partial charge on any atom is 0.222 e. The number of aromatic nitrogens is 2. The molecule has 1 fully saturated rings. The molecular weight excluding hydrogens is 264 g/mol. The number of aliphatic hydroxyl groups is 1. The summed E-state index contributed by atoms with van der Waals surface area (Å²) in [5, 5.41) is 10.5. The number of nitrogens with zero attached hydrogens (tertiary/aromatic N) is 3. The Hall–Kier alpha value is -1.07. The van der Waals surface area contributed by atoms with Crippen LogP contribution in [0.2, 0.25) is 5.02 Å². The SMILES string of the molecule is CCC(O)C1CCN(c2nc(N)nc(C)c2Cl)CC1. The van der Waals surface area contributed by atoms with Gasteiger partial charge in [-0.3, -0.25) is 0 Å². The van der Waals surface area contributed by atoms with E-state index in [0.717, 1.165) is 38.2 Å². The molecule has 1 atom stereocenters. The van der Waals surface area contributed by atoms with E-state index in [0.29, 0.717) is 16.6 Å². The van der Waals surface area contributed by atoms with Crippen LogP contribution in [0.25, 0.3) is 0 Å². The number of hydrogen-bond donors (Lipinski definition) is 2. The molecule has 1 aromatic rings. The van der Waals surface area contributed by atoms with Crippen LogP contribution >= 0.6 is 11.6 Å². The summed E-state index contributed by atoms with van der Waals surface area (Å²) in [6.07, 6.45) is 2.52. The zero-order valence-electron chi connectivity index (χ0n) is 11.4. The third-order valence-corrected chi connectivity index (χ3v) is 4.26. The average Bonchev–Trinajstić information content (AvgIpc) is 2.42. The van der Waals surface area contributed by atoms with Gasteiger partial charge >= 0.3 is 0 Å². The molecular formula is C13H21ClN4O. The van der Waals surface area contributed by atoms with E-state index in [9.17, 15) is 5.11 Å². The number of aryl methyl sites for hydroxylation is 1. The first kappa shape index (κ1) is 14.3. The molecule has 5 nitrogen and oxygen atoms in total. The van der Waals surface area contributed by atoms with E-state index in [2.05, 4.69) is 14.9 Å². The van der Waals surface area contributed by atoms with Crippen LogP contribution < -0.4 is 10.6 Å². The molecule has 0 spiro atoms.